The van der Waals surface area contributed by atoms with Crippen LogP contribution in [0.3, 0.4) is 0 Å². The fourth-order valence-electron chi connectivity index (χ4n) is 1.12. The molecule has 14 heavy (non-hydrogen) atoms. The average molecular weight is 208 g/mol. The molecule has 0 aliphatic heterocycles. The van der Waals surface area contributed by atoms with Crippen molar-refractivity contribution in [3.05, 3.63) is 11.6 Å². The van der Waals surface area contributed by atoms with Gasteiger partial charge in [-0.3, -0.25) is 0 Å². The topological polar surface area (TPSA) is 89.3 Å². The first kappa shape index (κ1) is 13.0. The maximum absolute atomic E-state index is 12.5. The van der Waals surface area contributed by atoms with Crippen LogP contribution in [0, 0.1) is 0 Å². The lowest BCUT2D eigenvalue weighted by atomic mass is 9.89. The molecule has 0 aromatic heterocycles. The smallest absolute Gasteiger partial charge is 0.334 e. The normalized spacial score (nSPS) is 16.9. The Bertz CT molecular complexity index is 243. The first-order valence-corrected chi connectivity index (χ1v) is 4.11. The third kappa shape index (κ3) is 2.27. The van der Waals surface area contributed by atoms with Crippen LogP contribution in [0.1, 0.15) is 13.3 Å². The molecule has 0 saturated carbocycles. The predicted molar refractivity (Wildman–Crippen MR) is 48.0 cm³/mol. The average Bonchev–Trinajstić information content (AvgIpc) is 2.12. The summed E-state index contributed by atoms with van der Waals surface area (Å²) in [5, 5.41) is 8.64. The van der Waals surface area contributed by atoms with Gasteiger partial charge in [0, 0.05) is 6.54 Å². The Labute approximate surface area is 80.6 Å². The van der Waals surface area contributed by atoms with Gasteiger partial charge >= 0.3 is 5.97 Å². The van der Waals surface area contributed by atoms with Crippen LogP contribution < -0.4 is 11.5 Å². The Morgan fingerprint density at radius 1 is 1.64 bits per heavy atom. The number of carbonyl (C=O) groups is 1. The highest BCUT2D eigenvalue weighted by Gasteiger charge is 2.46. The van der Waals surface area contributed by atoms with E-state index in [0.717, 1.165) is 0 Å². The van der Waals surface area contributed by atoms with Gasteiger partial charge in [0.25, 0.3) is 6.43 Å². The number of alkyl halides is 2. The van der Waals surface area contributed by atoms with Gasteiger partial charge in [-0.2, -0.15) is 0 Å². The van der Waals surface area contributed by atoms with E-state index in [2.05, 4.69) is 0 Å². The molecule has 0 saturated heterocycles. The number of hydrogen-bond acceptors (Lipinski definition) is 3. The molecule has 0 amide bonds. The van der Waals surface area contributed by atoms with E-state index in [1.165, 1.54) is 6.08 Å². The SMILES string of the molecule is CC/C(=C\CN)C(N)(C(=O)O)C(F)F. The second-order valence-corrected chi connectivity index (χ2v) is 2.79. The molecule has 4 nitrogen and oxygen atoms in total. The molecule has 0 radical (unpaired) electrons. The van der Waals surface area contributed by atoms with Crippen LogP contribution in [-0.2, 0) is 4.79 Å². The highest BCUT2D eigenvalue weighted by Crippen LogP contribution is 2.24. The molecule has 1 atom stereocenters. The third-order valence-electron chi connectivity index (χ3n) is 1.97. The Hall–Kier alpha value is -1.01. The third-order valence-corrected chi connectivity index (χ3v) is 1.97. The van der Waals surface area contributed by atoms with Crippen LogP contribution in [0.4, 0.5) is 8.78 Å². The lowest BCUT2D eigenvalue weighted by molar-refractivity contribution is -0.147. The molecule has 6 heteroatoms. The Balaban J connectivity index is 5.18. The van der Waals surface area contributed by atoms with Crippen molar-refractivity contribution in [2.24, 2.45) is 11.5 Å². The van der Waals surface area contributed by atoms with Gasteiger partial charge in [0.05, 0.1) is 0 Å². The maximum Gasteiger partial charge on any atom is 0.334 e. The molecular weight excluding hydrogens is 194 g/mol. The number of rotatable bonds is 5. The summed E-state index contributed by atoms with van der Waals surface area (Å²) < 4.78 is 25.0. The summed E-state index contributed by atoms with van der Waals surface area (Å²) in [4.78, 5) is 10.7. The van der Waals surface area contributed by atoms with E-state index in [4.69, 9.17) is 16.6 Å². The summed E-state index contributed by atoms with van der Waals surface area (Å²) in [7, 11) is 0. The molecule has 5 N–H and O–H groups in total. The second kappa shape index (κ2) is 5.02. The lowest BCUT2D eigenvalue weighted by Gasteiger charge is -2.26. The summed E-state index contributed by atoms with van der Waals surface area (Å²) >= 11 is 0. The number of carboxylic acid groups (broad SMARTS) is 1. The van der Waals surface area contributed by atoms with E-state index < -0.39 is 17.9 Å². The van der Waals surface area contributed by atoms with Crippen LogP contribution in [0.5, 0.6) is 0 Å². The van der Waals surface area contributed by atoms with E-state index in [-0.39, 0.29) is 18.5 Å². The molecule has 1 unspecified atom stereocenters. The fraction of sp³-hybridized carbons (Fsp3) is 0.625. The molecule has 0 fully saturated rings. The van der Waals surface area contributed by atoms with Gasteiger partial charge in [-0.15, -0.1) is 0 Å². The lowest BCUT2D eigenvalue weighted by Crippen LogP contribution is -2.55. The summed E-state index contributed by atoms with van der Waals surface area (Å²) in [6.07, 6.45) is -1.80. The van der Waals surface area contributed by atoms with Crippen LogP contribution in [-0.4, -0.2) is 29.6 Å². The molecular formula is C8H14F2N2O2. The van der Waals surface area contributed by atoms with Gasteiger partial charge in [0.2, 0.25) is 0 Å². The molecule has 0 bridgehead atoms. The molecule has 0 aromatic carbocycles. The summed E-state index contributed by atoms with van der Waals surface area (Å²) in [5.41, 5.74) is 7.61. The minimum absolute atomic E-state index is 0.0118. The number of aliphatic carboxylic acids is 1. The minimum atomic E-state index is -3.15. The predicted octanol–water partition coefficient (Wildman–Crippen LogP) is 0.329. The summed E-state index contributed by atoms with van der Waals surface area (Å²) in [6, 6.07) is 0. The van der Waals surface area contributed by atoms with Crippen molar-refractivity contribution in [3.8, 4) is 0 Å². The van der Waals surface area contributed by atoms with Crippen molar-refractivity contribution in [2.75, 3.05) is 6.54 Å². The van der Waals surface area contributed by atoms with Crippen molar-refractivity contribution in [3.63, 3.8) is 0 Å². The highest BCUT2D eigenvalue weighted by atomic mass is 19.3. The zero-order valence-corrected chi connectivity index (χ0v) is 7.84. The molecule has 0 rings (SSSR count). The largest absolute Gasteiger partial charge is 0.479 e. The van der Waals surface area contributed by atoms with E-state index >= 15 is 0 Å². The van der Waals surface area contributed by atoms with Gasteiger partial charge in [0.1, 0.15) is 0 Å². The van der Waals surface area contributed by atoms with E-state index in [9.17, 15) is 13.6 Å². The Morgan fingerprint density at radius 3 is 2.36 bits per heavy atom. The van der Waals surface area contributed by atoms with Gasteiger partial charge in [0.15, 0.2) is 5.54 Å². The van der Waals surface area contributed by atoms with Crippen molar-refractivity contribution >= 4 is 5.97 Å². The monoisotopic (exact) mass is 208 g/mol. The Morgan fingerprint density at radius 2 is 2.14 bits per heavy atom. The fourth-order valence-corrected chi connectivity index (χ4v) is 1.12. The highest BCUT2D eigenvalue weighted by molar-refractivity contribution is 5.83. The first-order chi connectivity index (χ1) is 6.41. The number of carboxylic acids is 1. The van der Waals surface area contributed by atoms with Crippen LogP contribution >= 0.6 is 0 Å². The van der Waals surface area contributed by atoms with E-state index in [0.29, 0.717) is 0 Å². The number of hydrogen-bond donors (Lipinski definition) is 3. The summed E-state index contributed by atoms with van der Waals surface area (Å²) in [5.74, 6) is -1.74. The maximum atomic E-state index is 12.5. The van der Waals surface area contributed by atoms with Gasteiger partial charge in [-0.05, 0) is 12.0 Å². The van der Waals surface area contributed by atoms with E-state index in [1.807, 2.05) is 0 Å². The zero-order valence-electron chi connectivity index (χ0n) is 7.84. The van der Waals surface area contributed by atoms with E-state index in [1.54, 1.807) is 6.92 Å². The van der Waals surface area contributed by atoms with Crippen molar-refractivity contribution in [2.45, 2.75) is 25.3 Å². The van der Waals surface area contributed by atoms with Crippen molar-refractivity contribution in [1.82, 2.24) is 0 Å². The molecule has 82 valence electrons. The second-order valence-electron chi connectivity index (χ2n) is 2.79. The number of nitrogens with two attached hydrogens (primary N) is 2. The van der Waals surface area contributed by atoms with Crippen LogP contribution in [0.25, 0.3) is 0 Å². The molecule has 0 aliphatic carbocycles. The first-order valence-electron chi connectivity index (χ1n) is 4.11. The van der Waals surface area contributed by atoms with Crippen molar-refractivity contribution < 1.29 is 18.7 Å². The standard InChI is InChI=1S/C8H14F2N2O2/c1-2-5(3-4-11)8(12,6(9)10)7(13)14/h3,6H,2,4,11-12H2,1H3,(H,13,14)/b5-3+. The quantitative estimate of drug-likeness (QED) is 0.568. The van der Waals surface area contributed by atoms with Gasteiger partial charge in [-0.25, -0.2) is 13.6 Å². The van der Waals surface area contributed by atoms with Crippen molar-refractivity contribution in [1.29, 1.82) is 0 Å². The molecule has 0 heterocycles. The van der Waals surface area contributed by atoms with Crippen LogP contribution in [0.15, 0.2) is 11.6 Å². The van der Waals surface area contributed by atoms with Crippen LogP contribution in [0.2, 0.25) is 0 Å². The molecule has 0 aromatic rings. The molecule has 0 spiro atoms. The summed E-state index contributed by atoms with van der Waals surface area (Å²) in [6.45, 7) is 1.54. The number of halogens is 2. The van der Waals surface area contributed by atoms with Gasteiger partial charge in [-0.1, -0.05) is 13.0 Å². The zero-order chi connectivity index (χ0) is 11.4. The minimum Gasteiger partial charge on any atom is -0.479 e. The Kier molecular flexibility index (Phi) is 4.65. The van der Waals surface area contributed by atoms with Gasteiger partial charge < -0.3 is 16.6 Å². The molecule has 0 aliphatic rings.